The highest BCUT2D eigenvalue weighted by molar-refractivity contribution is 5.46. The van der Waals surface area contributed by atoms with Gasteiger partial charge in [-0.25, -0.2) is 4.39 Å². The van der Waals surface area contributed by atoms with Crippen LogP contribution in [0.4, 0.5) is 10.1 Å². The van der Waals surface area contributed by atoms with Crippen molar-refractivity contribution in [2.45, 2.75) is 12.5 Å². The minimum absolute atomic E-state index is 0.266. The molecule has 0 bridgehead atoms. The Labute approximate surface area is 137 Å². The fourth-order valence-corrected chi connectivity index (χ4v) is 3.02. The standard InChI is InChI=1S/C19H23FN2O/c20-17-8-6-16(7-9-17)19(23)10-11-21-12-14-22(15-13-21)18-4-2-1-3-5-18/h1-9,19,23H,10-15H2. The van der Waals surface area contributed by atoms with Crippen molar-refractivity contribution in [2.24, 2.45) is 0 Å². The molecule has 1 unspecified atom stereocenters. The molecule has 3 nitrogen and oxygen atoms in total. The van der Waals surface area contributed by atoms with Crippen LogP contribution in [-0.2, 0) is 0 Å². The predicted octanol–water partition coefficient (Wildman–Crippen LogP) is 3.07. The molecule has 23 heavy (non-hydrogen) atoms. The van der Waals surface area contributed by atoms with E-state index in [-0.39, 0.29) is 5.82 Å². The zero-order chi connectivity index (χ0) is 16.1. The summed E-state index contributed by atoms with van der Waals surface area (Å²) >= 11 is 0. The second kappa shape index (κ2) is 7.57. The van der Waals surface area contributed by atoms with Crippen molar-refractivity contribution < 1.29 is 9.50 Å². The number of nitrogens with zero attached hydrogens (tertiary/aromatic N) is 2. The van der Waals surface area contributed by atoms with Crippen molar-refractivity contribution in [1.29, 1.82) is 0 Å². The molecule has 4 heteroatoms. The third-order valence-corrected chi connectivity index (χ3v) is 4.47. The van der Waals surface area contributed by atoms with Gasteiger partial charge in [0.05, 0.1) is 6.10 Å². The van der Waals surface area contributed by atoms with Crippen LogP contribution in [0.15, 0.2) is 54.6 Å². The minimum atomic E-state index is -0.525. The summed E-state index contributed by atoms with van der Waals surface area (Å²) in [5.74, 6) is -0.266. The largest absolute Gasteiger partial charge is 0.388 e. The summed E-state index contributed by atoms with van der Waals surface area (Å²) in [5, 5.41) is 10.2. The van der Waals surface area contributed by atoms with E-state index in [0.29, 0.717) is 6.42 Å². The van der Waals surface area contributed by atoms with Crippen LogP contribution in [0.5, 0.6) is 0 Å². The second-order valence-electron chi connectivity index (χ2n) is 6.02. The van der Waals surface area contributed by atoms with E-state index in [4.69, 9.17) is 0 Å². The van der Waals surface area contributed by atoms with Crippen LogP contribution in [0.3, 0.4) is 0 Å². The normalized spacial score (nSPS) is 17.2. The Morgan fingerprint density at radius 2 is 1.57 bits per heavy atom. The predicted molar refractivity (Wildman–Crippen MR) is 91.1 cm³/mol. The summed E-state index contributed by atoms with van der Waals surface area (Å²) < 4.78 is 12.9. The van der Waals surface area contributed by atoms with Crippen LogP contribution >= 0.6 is 0 Å². The third kappa shape index (κ3) is 4.30. The first-order valence-corrected chi connectivity index (χ1v) is 8.18. The van der Waals surface area contributed by atoms with Gasteiger partial charge in [0.25, 0.3) is 0 Å². The molecule has 0 radical (unpaired) electrons. The maximum Gasteiger partial charge on any atom is 0.123 e. The van der Waals surface area contributed by atoms with E-state index in [9.17, 15) is 9.50 Å². The van der Waals surface area contributed by atoms with E-state index >= 15 is 0 Å². The molecular formula is C19H23FN2O. The quantitative estimate of drug-likeness (QED) is 0.919. The number of hydrogen-bond donors (Lipinski definition) is 1. The van der Waals surface area contributed by atoms with E-state index < -0.39 is 6.10 Å². The van der Waals surface area contributed by atoms with Gasteiger partial charge in [0.2, 0.25) is 0 Å². The first-order chi connectivity index (χ1) is 11.2. The van der Waals surface area contributed by atoms with Crippen molar-refractivity contribution in [3.8, 4) is 0 Å². The Balaban J connectivity index is 1.45. The van der Waals surface area contributed by atoms with Gasteiger partial charge < -0.3 is 10.0 Å². The average molecular weight is 314 g/mol. The van der Waals surface area contributed by atoms with Crippen LogP contribution < -0.4 is 4.90 Å². The van der Waals surface area contributed by atoms with E-state index in [1.54, 1.807) is 12.1 Å². The zero-order valence-corrected chi connectivity index (χ0v) is 13.2. The van der Waals surface area contributed by atoms with Gasteiger partial charge in [-0.2, -0.15) is 0 Å². The molecule has 1 fully saturated rings. The molecule has 0 aliphatic carbocycles. The number of rotatable bonds is 5. The van der Waals surface area contributed by atoms with Crippen LogP contribution in [-0.4, -0.2) is 42.7 Å². The maximum absolute atomic E-state index is 12.9. The van der Waals surface area contributed by atoms with E-state index in [2.05, 4.69) is 34.1 Å². The van der Waals surface area contributed by atoms with Crippen LogP contribution in [0, 0.1) is 5.82 Å². The minimum Gasteiger partial charge on any atom is -0.388 e. The lowest BCUT2D eigenvalue weighted by Crippen LogP contribution is -2.46. The Hall–Kier alpha value is -1.91. The highest BCUT2D eigenvalue weighted by atomic mass is 19.1. The number of aliphatic hydroxyl groups excluding tert-OH is 1. The Kier molecular flexibility index (Phi) is 5.26. The van der Waals surface area contributed by atoms with Crippen LogP contribution in [0.1, 0.15) is 18.1 Å². The van der Waals surface area contributed by atoms with Gasteiger partial charge in [0.15, 0.2) is 0 Å². The average Bonchev–Trinajstić information content (AvgIpc) is 2.61. The van der Waals surface area contributed by atoms with Gasteiger partial charge in [-0.3, -0.25) is 4.90 Å². The first-order valence-electron chi connectivity index (χ1n) is 8.18. The zero-order valence-electron chi connectivity index (χ0n) is 13.2. The van der Waals surface area contributed by atoms with E-state index in [0.717, 1.165) is 38.3 Å². The van der Waals surface area contributed by atoms with Crippen molar-refractivity contribution in [1.82, 2.24) is 4.90 Å². The molecule has 1 atom stereocenters. The molecule has 0 saturated carbocycles. The van der Waals surface area contributed by atoms with Gasteiger partial charge >= 0.3 is 0 Å². The lowest BCUT2D eigenvalue weighted by atomic mass is 10.1. The molecule has 0 aromatic heterocycles. The number of benzene rings is 2. The molecule has 0 amide bonds. The summed E-state index contributed by atoms with van der Waals surface area (Å²) in [5.41, 5.74) is 2.06. The van der Waals surface area contributed by atoms with Crippen molar-refractivity contribution in [3.05, 3.63) is 66.0 Å². The highest BCUT2D eigenvalue weighted by Gasteiger charge is 2.18. The van der Waals surface area contributed by atoms with Crippen LogP contribution in [0.2, 0.25) is 0 Å². The number of piperazine rings is 1. The third-order valence-electron chi connectivity index (χ3n) is 4.47. The summed E-state index contributed by atoms with van der Waals surface area (Å²) in [7, 11) is 0. The Morgan fingerprint density at radius 1 is 0.913 bits per heavy atom. The molecule has 2 aromatic carbocycles. The molecule has 1 aliphatic heterocycles. The molecule has 1 saturated heterocycles. The maximum atomic E-state index is 12.9. The SMILES string of the molecule is OC(CCN1CCN(c2ccccc2)CC1)c1ccc(F)cc1. The summed E-state index contributed by atoms with van der Waals surface area (Å²) in [4.78, 5) is 4.78. The molecule has 3 rings (SSSR count). The van der Waals surface area contributed by atoms with Gasteiger partial charge in [-0.15, -0.1) is 0 Å². The number of anilines is 1. The van der Waals surface area contributed by atoms with Gasteiger partial charge in [0.1, 0.15) is 5.82 Å². The van der Waals surface area contributed by atoms with E-state index in [1.165, 1.54) is 17.8 Å². The van der Waals surface area contributed by atoms with Gasteiger partial charge in [-0.05, 0) is 36.2 Å². The van der Waals surface area contributed by atoms with E-state index in [1.807, 2.05) is 6.07 Å². The Bertz CT molecular complexity index is 595. The van der Waals surface area contributed by atoms with Gasteiger partial charge in [0, 0.05) is 38.4 Å². The summed E-state index contributed by atoms with van der Waals surface area (Å²) in [6.45, 7) is 4.89. The number of para-hydroxylation sites is 1. The smallest absolute Gasteiger partial charge is 0.123 e. The summed E-state index contributed by atoms with van der Waals surface area (Å²) in [6, 6.07) is 16.6. The van der Waals surface area contributed by atoms with Crippen LogP contribution in [0.25, 0.3) is 0 Å². The first kappa shape index (κ1) is 16.0. The molecule has 1 aliphatic rings. The highest BCUT2D eigenvalue weighted by Crippen LogP contribution is 2.19. The summed E-state index contributed by atoms with van der Waals surface area (Å²) in [6.07, 6.45) is 0.152. The van der Waals surface area contributed by atoms with Crippen molar-refractivity contribution >= 4 is 5.69 Å². The lowest BCUT2D eigenvalue weighted by molar-refractivity contribution is 0.139. The molecular weight excluding hydrogens is 291 g/mol. The molecule has 1 N–H and O–H groups in total. The fraction of sp³-hybridized carbons (Fsp3) is 0.368. The number of aliphatic hydroxyl groups is 1. The van der Waals surface area contributed by atoms with Gasteiger partial charge in [-0.1, -0.05) is 30.3 Å². The molecule has 122 valence electrons. The Morgan fingerprint density at radius 3 is 2.22 bits per heavy atom. The number of halogens is 1. The molecule has 0 spiro atoms. The number of hydrogen-bond acceptors (Lipinski definition) is 3. The molecule has 2 aromatic rings. The lowest BCUT2D eigenvalue weighted by Gasteiger charge is -2.36. The monoisotopic (exact) mass is 314 g/mol. The fourth-order valence-electron chi connectivity index (χ4n) is 3.02. The molecule has 1 heterocycles. The second-order valence-corrected chi connectivity index (χ2v) is 6.02. The van der Waals surface area contributed by atoms with Crippen molar-refractivity contribution in [3.63, 3.8) is 0 Å². The van der Waals surface area contributed by atoms with Crippen molar-refractivity contribution in [2.75, 3.05) is 37.6 Å². The topological polar surface area (TPSA) is 26.7 Å².